The first-order valence-electron chi connectivity index (χ1n) is 10.4. The lowest BCUT2D eigenvalue weighted by molar-refractivity contribution is -0.130. The number of halogens is 1. The van der Waals surface area contributed by atoms with Gasteiger partial charge in [0.25, 0.3) is 0 Å². The molecule has 28 heavy (non-hydrogen) atoms. The molecule has 0 saturated heterocycles. The number of rotatable bonds is 9. The first-order chi connectivity index (χ1) is 13.5. The van der Waals surface area contributed by atoms with Crippen molar-refractivity contribution in [2.45, 2.75) is 63.5 Å². The van der Waals surface area contributed by atoms with Crippen molar-refractivity contribution in [3.63, 3.8) is 0 Å². The van der Waals surface area contributed by atoms with Gasteiger partial charge in [-0.3, -0.25) is 9.59 Å². The summed E-state index contributed by atoms with van der Waals surface area (Å²) in [6.07, 6.45) is 6.42. The highest BCUT2D eigenvalue weighted by molar-refractivity contribution is 5.79. The summed E-state index contributed by atoms with van der Waals surface area (Å²) >= 11 is 0. The number of benzene rings is 1. The van der Waals surface area contributed by atoms with Crippen LogP contribution in [0.2, 0.25) is 0 Å². The number of carbonyl (C=O) groups is 2. The average Bonchev–Trinajstić information content (AvgIpc) is 3.52. The molecule has 2 N–H and O–H groups in total. The number of hydrogen-bond donors (Lipinski definition) is 2. The van der Waals surface area contributed by atoms with E-state index in [0.717, 1.165) is 31.4 Å². The highest BCUT2D eigenvalue weighted by Gasteiger charge is 2.35. The number of carbonyl (C=O) groups excluding carboxylic acids is 2. The fraction of sp³-hybridized carbons (Fsp3) is 0.636. The van der Waals surface area contributed by atoms with E-state index in [-0.39, 0.29) is 35.7 Å². The molecule has 0 radical (unpaired) electrons. The van der Waals surface area contributed by atoms with Crippen molar-refractivity contribution >= 4 is 11.8 Å². The molecule has 2 amide bonds. The number of methoxy groups -OCH3 is 1. The van der Waals surface area contributed by atoms with Crippen LogP contribution < -0.4 is 10.6 Å². The first-order valence-corrected chi connectivity index (χ1v) is 10.4. The molecule has 0 spiro atoms. The van der Waals surface area contributed by atoms with Crippen LogP contribution in [0.1, 0.15) is 50.5 Å². The third kappa shape index (κ3) is 6.30. The number of amides is 2. The molecule has 2 fully saturated rings. The van der Waals surface area contributed by atoms with Crippen LogP contribution in [0.4, 0.5) is 4.39 Å². The summed E-state index contributed by atoms with van der Waals surface area (Å²) in [4.78, 5) is 24.8. The Morgan fingerprint density at radius 1 is 1.14 bits per heavy atom. The molecule has 154 valence electrons. The van der Waals surface area contributed by atoms with Gasteiger partial charge in [0.15, 0.2) is 0 Å². The molecule has 0 aromatic heterocycles. The molecule has 1 aromatic rings. The predicted molar refractivity (Wildman–Crippen MR) is 105 cm³/mol. The Labute approximate surface area is 166 Å². The zero-order chi connectivity index (χ0) is 19.9. The molecule has 2 aliphatic rings. The maximum Gasteiger partial charge on any atom is 0.223 e. The molecule has 6 heteroatoms. The van der Waals surface area contributed by atoms with Gasteiger partial charge in [-0.1, -0.05) is 12.1 Å². The Morgan fingerprint density at radius 2 is 1.89 bits per heavy atom. The third-order valence-electron chi connectivity index (χ3n) is 5.85. The lowest BCUT2D eigenvalue weighted by Gasteiger charge is -2.35. The molecule has 2 aliphatic carbocycles. The second-order valence-electron chi connectivity index (χ2n) is 8.13. The SMILES string of the molecule is CO[C@@H]1CC[C@H](C(=O)NCC2CC2)C[C@H]1NC(=O)CCCc1ccc(F)cc1. The van der Waals surface area contributed by atoms with Crippen molar-refractivity contribution in [1.82, 2.24) is 10.6 Å². The normalized spacial score (nSPS) is 24.6. The molecule has 3 atom stereocenters. The van der Waals surface area contributed by atoms with Crippen LogP contribution in [0.15, 0.2) is 24.3 Å². The van der Waals surface area contributed by atoms with Crippen LogP contribution in [0.25, 0.3) is 0 Å². The molecule has 0 unspecified atom stereocenters. The highest BCUT2D eigenvalue weighted by Crippen LogP contribution is 2.29. The van der Waals surface area contributed by atoms with Crippen LogP contribution in [0.3, 0.4) is 0 Å². The van der Waals surface area contributed by atoms with Crippen molar-refractivity contribution < 1.29 is 18.7 Å². The largest absolute Gasteiger partial charge is 0.379 e. The Morgan fingerprint density at radius 3 is 2.57 bits per heavy atom. The zero-order valence-corrected chi connectivity index (χ0v) is 16.6. The lowest BCUT2D eigenvalue weighted by Crippen LogP contribution is -2.50. The predicted octanol–water partition coefficient (Wildman–Crippen LogP) is 2.97. The molecule has 1 aromatic carbocycles. The minimum absolute atomic E-state index is 0.0202. The van der Waals surface area contributed by atoms with E-state index >= 15 is 0 Å². The maximum absolute atomic E-state index is 12.9. The minimum atomic E-state index is -0.250. The van der Waals surface area contributed by atoms with E-state index in [0.29, 0.717) is 25.2 Å². The van der Waals surface area contributed by atoms with Gasteiger partial charge in [0.2, 0.25) is 11.8 Å². The lowest BCUT2D eigenvalue weighted by atomic mass is 9.83. The summed E-state index contributed by atoms with van der Waals surface area (Å²) < 4.78 is 18.5. The Bertz CT molecular complexity index is 660. The summed E-state index contributed by atoms with van der Waals surface area (Å²) in [7, 11) is 1.66. The molecule has 0 heterocycles. The van der Waals surface area contributed by atoms with Crippen LogP contribution in [0.5, 0.6) is 0 Å². The molecule has 2 saturated carbocycles. The van der Waals surface area contributed by atoms with Gasteiger partial charge in [-0.05, 0) is 68.6 Å². The maximum atomic E-state index is 12.9. The molecular formula is C22H31FN2O3. The number of hydrogen-bond acceptors (Lipinski definition) is 3. The summed E-state index contributed by atoms with van der Waals surface area (Å²) in [5.74, 6) is 0.441. The second kappa shape index (κ2) is 10.0. The van der Waals surface area contributed by atoms with E-state index in [1.165, 1.54) is 25.0 Å². The highest BCUT2D eigenvalue weighted by atomic mass is 19.1. The van der Waals surface area contributed by atoms with Crippen LogP contribution in [0, 0.1) is 17.7 Å². The van der Waals surface area contributed by atoms with E-state index in [1.54, 1.807) is 19.2 Å². The van der Waals surface area contributed by atoms with Crippen molar-refractivity contribution in [2.75, 3.05) is 13.7 Å². The topological polar surface area (TPSA) is 67.4 Å². The van der Waals surface area contributed by atoms with Gasteiger partial charge in [-0.2, -0.15) is 0 Å². The Kier molecular flexibility index (Phi) is 7.43. The van der Waals surface area contributed by atoms with E-state index in [1.807, 2.05) is 0 Å². The fourth-order valence-electron chi connectivity index (χ4n) is 3.91. The van der Waals surface area contributed by atoms with Gasteiger partial charge < -0.3 is 15.4 Å². The van der Waals surface area contributed by atoms with Crippen molar-refractivity contribution in [3.05, 3.63) is 35.6 Å². The van der Waals surface area contributed by atoms with Gasteiger partial charge in [0, 0.05) is 26.0 Å². The molecule has 5 nitrogen and oxygen atoms in total. The summed E-state index contributed by atoms with van der Waals surface area (Å²) in [6.45, 7) is 0.781. The van der Waals surface area contributed by atoms with Crippen molar-refractivity contribution in [2.24, 2.45) is 11.8 Å². The van der Waals surface area contributed by atoms with E-state index in [4.69, 9.17) is 4.74 Å². The monoisotopic (exact) mass is 390 g/mol. The van der Waals surface area contributed by atoms with E-state index in [2.05, 4.69) is 10.6 Å². The number of ether oxygens (including phenoxy) is 1. The van der Waals surface area contributed by atoms with Crippen molar-refractivity contribution in [3.8, 4) is 0 Å². The van der Waals surface area contributed by atoms with E-state index < -0.39 is 0 Å². The molecular weight excluding hydrogens is 359 g/mol. The average molecular weight is 390 g/mol. The van der Waals surface area contributed by atoms with Gasteiger partial charge in [0.1, 0.15) is 5.82 Å². The second-order valence-corrected chi connectivity index (χ2v) is 8.13. The fourth-order valence-corrected chi connectivity index (χ4v) is 3.91. The van der Waals surface area contributed by atoms with Crippen LogP contribution >= 0.6 is 0 Å². The van der Waals surface area contributed by atoms with Crippen LogP contribution in [-0.2, 0) is 20.7 Å². The minimum Gasteiger partial charge on any atom is -0.379 e. The Balaban J connectivity index is 1.43. The summed E-state index contributed by atoms with van der Waals surface area (Å²) in [5.41, 5.74) is 1.02. The smallest absolute Gasteiger partial charge is 0.223 e. The van der Waals surface area contributed by atoms with Gasteiger partial charge in [-0.15, -0.1) is 0 Å². The summed E-state index contributed by atoms with van der Waals surface area (Å²) in [5, 5.41) is 6.13. The third-order valence-corrected chi connectivity index (χ3v) is 5.85. The van der Waals surface area contributed by atoms with Gasteiger partial charge >= 0.3 is 0 Å². The molecule has 3 rings (SSSR count). The Hall–Kier alpha value is -1.95. The van der Waals surface area contributed by atoms with Gasteiger partial charge in [-0.25, -0.2) is 4.39 Å². The molecule has 0 bridgehead atoms. The zero-order valence-electron chi connectivity index (χ0n) is 16.6. The van der Waals surface area contributed by atoms with Crippen molar-refractivity contribution in [1.29, 1.82) is 0 Å². The number of aryl methyl sites for hydroxylation is 1. The first kappa shape index (κ1) is 20.8. The number of nitrogens with one attached hydrogen (secondary N) is 2. The van der Waals surface area contributed by atoms with Gasteiger partial charge in [0.05, 0.1) is 12.1 Å². The quantitative estimate of drug-likeness (QED) is 0.681. The standard InChI is InChI=1S/C22H31FN2O3/c1-28-20-12-9-17(22(27)24-14-16-5-6-16)13-19(20)25-21(26)4-2-3-15-7-10-18(23)11-8-15/h7-8,10-11,16-17,19-20H,2-6,9,12-14H2,1H3,(H,24,27)(H,25,26)/t17-,19+,20+/m0/s1. The van der Waals surface area contributed by atoms with E-state index in [9.17, 15) is 14.0 Å². The molecule has 0 aliphatic heterocycles. The summed E-state index contributed by atoms with van der Waals surface area (Å²) in [6, 6.07) is 6.25. The van der Waals surface area contributed by atoms with Crippen LogP contribution in [-0.4, -0.2) is 37.6 Å².